The fourth-order valence-electron chi connectivity index (χ4n) is 2.22. The molecule has 0 atom stereocenters. The van der Waals surface area contributed by atoms with Crippen LogP contribution < -0.4 is 10.6 Å². The largest absolute Gasteiger partial charge is 0.417 e. The Kier molecular flexibility index (Phi) is 4.08. The Bertz CT molecular complexity index is 510. The third-order valence-corrected chi connectivity index (χ3v) is 3.66. The average Bonchev–Trinajstić information content (AvgIpc) is 2.37. The zero-order chi connectivity index (χ0) is 14.9. The van der Waals surface area contributed by atoms with Crippen molar-refractivity contribution in [2.45, 2.75) is 19.0 Å². The molecule has 3 N–H and O–H groups in total. The zero-order valence-electron chi connectivity index (χ0n) is 10.5. The van der Waals surface area contributed by atoms with Crippen LogP contribution in [0.4, 0.5) is 19.0 Å². The highest BCUT2D eigenvalue weighted by atomic mass is 35.5. The molecule has 2 heterocycles. The Morgan fingerprint density at radius 3 is 2.45 bits per heavy atom. The minimum absolute atomic E-state index is 0.0129. The molecule has 2 rings (SSSR count). The van der Waals surface area contributed by atoms with Gasteiger partial charge in [-0.2, -0.15) is 13.2 Å². The van der Waals surface area contributed by atoms with E-state index >= 15 is 0 Å². The monoisotopic (exact) mass is 306 g/mol. The quantitative estimate of drug-likeness (QED) is 0.652. The van der Waals surface area contributed by atoms with E-state index in [1.54, 1.807) is 0 Å². The van der Waals surface area contributed by atoms with Crippen molar-refractivity contribution < 1.29 is 13.2 Å². The molecule has 4 nitrogen and oxygen atoms in total. The molecule has 0 aliphatic carbocycles. The highest BCUT2D eigenvalue weighted by Crippen LogP contribution is 2.34. The Balaban J connectivity index is 2.13. The lowest BCUT2D eigenvalue weighted by atomic mass is 9.96. The first kappa shape index (κ1) is 14.9. The third-order valence-electron chi connectivity index (χ3n) is 3.38. The molecule has 0 unspecified atom stereocenters. The lowest BCUT2D eigenvalue weighted by Crippen LogP contribution is -2.38. The maximum absolute atomic E-state index is 12.5. The van der Waals surface area contributed by atoms with Crippen LogP contribution in [0.5, 0.6) is 0 Å². The number of rotatable bonds is 2. The standard InChI is InChI=1S/C12H14ClF3N4/c13-9-5-8(12(14,15)16)6-19-11(9)20-3-1-7(2-4-20)10(17)18/h5-7H,1-4H2,(H3,17,18). The molecule has 20 heavy (non-hydrogen) atoms. The first-order chi connectivity index (χ1) is 9.29. The zero-order valence-corrected chi connectivity index (χ0v) is 11.3. The fourth-order valence-corrected chi connectivity index (χ4v) is 2.51. The number of piperidine rings is 1. The number of nitrogens with zero attached hydrogens (tertiary/aromatic N) is 2. The molecule has 0 radical (unpaired) electrons. The number of amidine groups is 1. The number of hydrogen-bond donors (Lipinski definition) is 2. The van der Waals surface area contributed by atoms with Gasteiger partial charge in [-0.05, 0) is 18.9 Å². The van der Waals surface area contributed by atoms with E-state index < -0.39 is 11.7 Å². The van der Waals surface area contributed by atoms with E-state index in [-0.39, 0.29) is 16.8 Å². The number of hydrogen-bond acceptors (Lipinski definition) is 3. The molecule has 8 heteroatoms. The first-order valence-electron chi connectivity index (χ1n) is 6.10. The molecule has 0 spiro atoms. The second-order valence-electron chi connectivity index (χ2n) is 4.74. The van der Waals surface area contributed by atoms with Crippen LogP contribution in [0.3, 0.4) is 0 Å². The van der Waals surface area contributed by atoms with Gasteiger partial charge in [0.25, 0.3) is 0 Å². The van der Waals surface area contributed by atoms with Crippen molar-refractivity contribution in [2.75, 3.05) is 18.0 Å². The summed E-state index contributed by atoms with van der Waals surface area (Å²) in [5.41, 5.74) is 4.59. The molecule has 0 aromatic carbocycles. The van der Waals surface area contributed by atoms with Crippen molar-refractivity contribution in [3.63, 3.8) is 0 Å². The van der Waals surface area contributed by atoms with Crippen LogP contribution >= 0.6 is 11.6 Å². The van der Waals surface area contributed by atoms with Gasteiger partial charge in [0.1, 0.15) is 5.82 Å². The maximum atomic E-state index is 12.5. The van der Waals surface area contributed by atoms with E-state index in [4.69, 9.17) is 22.7 Å². The van der Waals surface area contributed by atoms with Crippen molar-refractivity contribution in [3.8, 4) is 0 Å². The van der Waals surface area contributed by atoms with Crippen LogP contribution in [0.2, 0.25) is 5.02 Å². The van der Waals surface area contributed by atoms with Crippen molar-refractivity contribution in [1.29, 1.82) is 5.41 Å². The Hall–Kier alpha value is -1.50. The number of anilines is 1. The summed E-state index contributed by atoms with van der Waals surface area (Å²) in [6, 6.07) is 0.890. The molecule has 0 amide bonds. The van der Waals surface area contributed by atoms with Crippen LogP contribution in [-0.4, -0.2) is 23.9 Å². The number of aromatic nitrogens is 1. The van der Waals surface area contributed by atoms with Gasteiger partial charge in [0, 0.05) is 25.2 Å². The summed E-state index contributed by atoms with van der Waals surface area (Å²) >= 11 is 5.90. The van der Waals surface area contributed by atoms with Gasteiger partial charge < -0.3 is 10.6 Å². The Labute approximate surface area is 119 Å². The van der Waals surface area contributed by atoms with Crippen LogP contribution in [0.1, 0.15) is 18.4 Å². The summed E-state index contributed by atoms with van der Waals surface area (Å²) in [5, 5.41) is 7.38. The van der Waals surface area contributed by atoms with E-state index in [1.165, 1.54) is 0 Å². The number of halogens is 4. The number of pyridine rings is 1. The van der Waals surface area contributed by atoms with E-state index in [0.717, 1.165) is 12.3 Å². The molecule has 110 valence electrons. The van der Waals surface area contributed by atoms with Crippen LogP contribution in [0.15, 0.2) is 12.3 Å². The first-order valence-corrected chi connectivity index (χ1v) is 6.48. The summed E-state index contributed by atoms with van der Waals surface area (Å²) < 4.78 is 37.6. The average molecular weight is 307 g/mol. The topological polar surface area (TPSA) is 66.0 Å². The summed E-state index contributed by atoms with van der Waals surface area (Å²) in [6.45, 7) is 1.14. The third kappa shape index (κ3) is 3.15. The van der Waals surface area contributed by atoms with Gasteiger partial charge in [-0.15, -0.1) is 0 Å². The summed E-state index contributed by atoms with van der Waals surface area (Å²) in [6.07, 6.45) is -2.31. The minimum Gasteiger partial charge on any atom is -0.387 e. The number of alkyl halides is 3. The number of nitrogens with two attached hydrogens (primary N) is 1. The fraction of sp³-hybridized carbons (Fsp3) is 0.500. The minimum atomic E-state index is -4.45. The molecule has 1 aliphatic heterocycles. The van der Waals surface area contributed by atoms with E-state index in [0.29, 0.717) is 31.7 Å². The van der Waals surface area contributed by atoms with Gasteiger partial charge in [-0.3, -0.25) is 5.41 Å². The highest BCUT2D eigenvalue weighted by Gasteiger charge is 2.32. The van der Waals surface area contributed by atoms with Gasteiger partial charge in [-0.25, -0.2) is 4.98 Å². The molecule has 1 aliphatic rings. The molecular weight excluding hydrogens is 293 g/mol. The second kappa shape index (κ2) is 5.47. The van der Waals surface area contributed by atoms with Gasteiger partial charge in [0.15, 0.2) is 0 Å². The highest BCUT2D eigenvalue weighted by molar-refractivity contribution is 6.33. The smallest absolute Gasteiger partial charge is 0.387 e. The summed E-state index contributed by atoms with van der Waals surface area (Å²) in [7, 11) is 0. The predicted octanol–water partition coefficient (Wildman–Crippen LogP) is 2.91. The van der Waals surface area contributed by atoms with Crippen LogP contribution in [-0.2, 0) is 6.18 Å². The normalized spacial score (nSPS) is 17.3. The van der Waals surface area contributed by atoms with Crippen molar-refractivity contribution in [3.05, 3.63) is 22.8 Å². The van der Waals surface area contributed by atoms with Gasteiger partial charge in [0.05, 0.1) is 16.4 Å². The van der Waals surface area contributed by atoms with Crippen molar-refractivity contribution in [2.24, 2.45) is 11.7 Å². The molecule has 1 aromatic heterocycles. The van der Waals surface area contributed by atoms with Gasteiger partial charge >= 0.3 is 6.18 Å². The Morgan fingerprint density at radius 1 is 1.40 bits per heavy atom. The van der Waals surface area contributed by atoms with Crippen LogP contribution in [0, 0.1) is 11.3 Å². The molecule has 1 aromatic rings. The SMILES string of the molecule is N=C(N)C1CCN(c2ncc(C(F)(F)F)cc2Cl)CC1. The molecular formula is C12H14ClF3N4. The molecule has 0 saturated carbocycles. The summed E-state index contributed by atoms with van der Waals surface area (Å²) in [4.78, 5) is 5.65. The summed E-state index contributed by atoms with van der Waals surface area (Å²) in [5.74, 6) is 0.525. The lowest BCUT2D eigenvalue weighted by Gasteiger charge is -2.32. The van der Waals surface area contributed by atoms with Crippen molar-refractivity contribution in [1.82, 2.24) is 4.98 Å². The second-order valence-corrected chi connectivity index (χ2v) is 5.15. The lowest BCUT2D eigenvalue weighted by molar-refractivity contribution is -0.137. The van der Waals surface area contributed by atoms with E-state index in [1.807, 2.05) is 4.90 Å². The van der Waals surface area contributed by atoms with Gasteiger partial charge in [-0.1, -0.05) is 11.6 Å². The molecule has 1 saturated heterocycles. The van der Waals surface area contributed by atoms with E-state index in [2.05, 4.69) is 4.98 Å². The van der Waals surface area contributed by atoms with Gasteiger partial charge in [0.2, 0.25) is 0 Å². The predicted molar refractivity (Wildman–Crippen MR) is 71.1 cm³/mol. The van der Waals surface area contributed by atoms with E-state index in [9.17, 15) is 13.2 Å². The van der Waals surface area contributed by atoms with Crippen molar-refractivity contribution >= 4 is 23.3 Å². The maximum Gasteiger partial charge on any atom is 0.417 e. The molecule has 0 bridgehead atoms. The number of nitrogens with one attached hydrogen (secondary N) is 1. The molecule has 1 fully saturated rings. The van der Waals surface area contributed by atoms with Crippen LogP contribution in [0.25, 0.3) is 0 Å². The Morgan fingerprint density at radius 2 is 2.00 bits per heavy atom.